The molecule has 14 aromatic carbocycles. The summed E-state index contributed by atoms with van der Waals surface area (Å²) in [5.74, 6) is -2.56. The predicted octanol–water partition coefficient (Wildman–Crippen LogP) is 22.9. The fourth-order valence-electron chi connectivity index (χ4n) is 11.2. The highest BCUT2D eigenvalue weighted by Crippen LogP contribution is 2.29. The summed E-state index contributed by atoms with van der Waals surface area (Å²) < 4.78 is 51.2. The molecular weight excluding hydrogens is 1710 g/mol. The van der Waals surface area contributed by atoms with Gasteiger partial charge in [-0.1, -0.05) is 365 Å². The van der Waals surface area contributed by atoms with E-state index in [9.17, 15) is 41.4 Å². The molecule has 1 unspecified atom stereocenters. The van der Waals surface area contributed by atoms with Crippen LogP contribution in [0, 0.1) is 6.92 Å². The summed E-state index contributed by atoms with van der Waals surface area (Å²) in [6.07, 6.45) is 3.25. The highest BCUT2D eigenvalue weighted by Gasteiger charge is 2.21. The number of aryl methyl sites for hydroxylation is 1. The summed E-state index contributed by atoms with van der Waals surface area (Å²) >= 11 is -0.0261. The number of oxime groups is 6. The largest absolute Gasteiger partial charge is 0.479 e. The molecular formula is C106H92N6O16S3. The molecule has 0 heterocycles. The van der Waals surface area contributed by atoms with Crippen molar-refractivity contribution in [1.29, 1.82) is 0 Å². The van der Waals surface area contributed by atoms with Crippen LogP contribution < -0.4 is 0 Å². The maximum atomic E-state index is 13.2. The van der Waals surface area contributed by atoms with Crippen molar-refractivity contribution in [1.82, 2.24) is 0 Å². The van der Waals surface area contributed by atoms with Crippen molar-refractivity contribution in [3.05, 3.63) is 480 Å². The second-order valence-corrected chi connectivity index (χ2v) is 31.2. The molecule has 14 aromatic rings. The number of benzene rings is 14. The van der Waals surface area contributed by atoms with Crippen molar-refractivity contribution >= 4 is 114 Å². The summed E-state index contributed by atoms with van der Waals surface area (Å²) in [7, 11) is -3.87. The zero-order valence-corrected chi connectivity index (χ0v) is 75.0. The Bertz CT molecular complexity index is 6400. The van der Waals surface area contributed by atoms with Gasteiger partial charge >= 0.3 is 34.0 Å². The van der Waals surface area contributed by atoms with Gasteiger partial charge in [0, 0.05) is 56.8 Å². The van der Waals surface area contributed by atoms with Gasteiger partial charge in [-0.3, -0.25) is 18.2 Å². The van der Waals surface area contributed by atoms with Crippen molar-refractivity contribution in [2.75, 3.05) is 6.61 Å². The van der Waals surface area contributed by atoms with Gasteiger partial charge < -0.3 is 24.1 Å². The van der Waals surface area contributed by atoms with Crippen LogP contribution in [0.5, 0.6) is 0 Å². The Morgan fingerprint density at radius 2 is 0.756 bits per heavy atom. The van der Waals surface area contributed by atoms with Crippen LogP contribution in [0.1, 0.15) is 122 Å². The van der Waals surface area contributed by atoms with Crippen LogP contribution in [0.3, 0.4) is 0 Å². The summed E-state index contributed by atoms with van der Waals surface area (Å²) in [4.78, 5) is 94.6. The average Bonchev–Trinajstić information content (AvgIpc) is 0.846. The first kappa shape index (κ1) is 98.7. The molecule has 0 bridgehead atoms. The molecule has 0 aromatic heterocycles. The van der Waals surface area contributed by atoms with Gasteiger partial charge in [0.15, 0.2) is 17.2 Å². The Morgan fingerprint density at radius 3 is 1.20 bits per heavy atom. The molecule has 0 amide bonds. The first-order valence-electron chi connectivity index (χ1n) is 40.7. The first-order chi connectivity index (χ1) is 63.6. The number of hydrogen-bond donors (Lipinski definition) is 0. The zero-order chi connectivity index (χ0) is 93.4. The SMILES string of the molecule is C/C(=N\OS(=O)(=O)c1ccc(C)cc1)c1ccccc1.C/C(=N\OS(=O)c1cccc2ccccc12)c1ccccc1.C=C(/C=C\C)C(=O)O/N=C(/C)OCC.CC(=O)/C(=N\OC(=O)c1ccccc1)c1ccccc1.O=C(O/N=C(/C(=O)c1ccc(Sc2ccccc2)cc1)c1ccccc1)c1ccccc1.O=C(ON=C(c1ccccc1)c1ccccc1)c1ccccc1. The fraction of sp³-hybridized carbons (Fsp3) is 0.0755. The lowest BCUT2D eigenvalue weighted by atomic mass is 10.0. The number of nitrogens with zero attached hydrogens (tertiary/aromatic N) is 6. The van der Waals surface area contributed by atoms with E-state index in [2.05, 4.69) is 42.4 Å². The second-order valence-electron chi connectivity index (χ2n) is 27.5. The molecule has 131 heavy (non-hydrogen) atoms. The molecule has 0 radical (unpaired) electrons. The van der Waals surface area contributed by atoms with Crippen LogP contribution in [0.2, 0.25) is 0 Å². The van der Waals surface area contributed by atoms with Crippen molar-refractivity contribution in [3.63, 3.8) is 0 Å². The molecule has 0 saturated heterocycles. The van der Waals surface area contributed by atoms with Crippen LogP contribution in [-0.2, 0) is 63.4 Å². The molecule has 660 valence electrons. The second kappa shape index (κ2) is 53.4. The van der Waals surface area contributed by atoms with E-state index in [-0.39, 0.29) is 33.5 Å². The Kier molecular flexibility index (Phi) is 40.2. The molecule has 0 aliphatic heterocycles. The number of fused-ring (bicyclic) bond motifs is 1. The number of allylic oxidation sites excluding steroid dienone is 1. The van der Waals surface area contributed by atoms with E-state index in [1.54, 1.807) is 208 Å². The van der Waals surface area contributed by atoms with Gasteiger partial charge in [-0.05, 0) is 147 Å². The zero-order valence-electron chi connectivity index (χ0n) is 72.5. The third-order valence-corrected chi connectivity index (χ3v) is 21.0. The van der Waals surface area contributed by atoms with Gasteiger partial charge in [-0.25, -0.2) is 23.4 Å². The highest BCUT2D eigenvalue weighted by molar-refractivity contribution is 7.99. The van der Waals surface area contributed by atoms with E-state index in [0.717, 1.165) is 48.4 Å². The van der Waals surface area contributed by atoms with Gasteiger partial charge in [-0.15, -0.1) is 0 Å². The number of carbonyl (C=O) groups excluding carboxylic acids is 6. The van der Waals surface area contributed by atoms with E-state index < -0.39 is 45.1 Å². The molecule has 25 heteroatoms. The van der Waals surface area contributed by atoms with Gasteiger partial charge in [0.2, 0.25) is 11.7 Å². The summed E-state index contributed by atoms with van der Waals surface area (Å²) in [5, 5.41) is 24.8. The minimum absolute atomic E-state index is 0.0679. The summed E-state index contributed by atoms with van der Waals surface area (Å²) in [6, 6.07) is 119. The van der Waals surface area contributed by atoms with Crippen molar-refractivity contribution < 1.29 is 74.0 Å². The molecule has 1 atom stereocenters. The average molecular weight is 1800 g/mol. The van der Waals surface area contributed by atoms with E-state index in [1.165, 1.54) is 19.1 Å². The Labute approximate surface area is 768 Å². The normalized spacial score (nSPS) is 11.4. The van der Waals surface area contributed by atoms with E-state index >= 15 is 0 Å². The maximum Gasteiger partial charge on any atom is 0.365 e. The summed E-state index contributed by atoms with van der Waals surface area (Å²) in [6.45, 7) is 16.0. The van der Waals surface area contributed by atoms with Crippen LogP contribution >= 0.6 is 11.8 Å². The molecule has 0 saturated carbocycles. The lowest BCUT2D eigenvalue weighted by Gasteiger charge is -2.07. The smallest absolute Gasteiger partial charge is 0.365 e. The molecule has 0 N–H and O–H groups in total. The number of carbonyl (C=O) groups is 6. The standard InChI is InChI=1S/C27H19NO3S.C20H15NO2.C18H15NO2S.C16H13NO3.C15H15NO3S.C10H15NO3/c29-26(21-16-18-24(19-17-21)32-23-14-8-3-9-15-23)25(20-10-4-1-5-11-20)28-31-27(30)22-12-6-2-7-13-22;22-20(18-14-8-3-9-15-18)23-21-19(16-10-4-1-5-11-16)17-12-6-2-7-13-17;1-14(15-8-3-2-4-9-15)19-21-22(20)18-13-7-11-16-10-5-6-12-17(16)18;1-12(18)15(13-8-4-2-5-9-13)17-20-16(19)14-10-6-3-7-11-14;1-12-8-10-15(11-9-12)20(17,18)19-16-13(2)14-6-4-3-5-7-14;1-5-7-8(3)10(12)14-11-9(4)13-6-2/h1-19H;1-15H;2-13H,1H3;2-11H,1H3;3-11H,1-2H3;5,7H,3,6H2,1-2,4H3/b28-25+;;19-14+;17-15+;16-13+;7-5-,11-9-. The topological polar surface area (TPSA) is 292 Å². The van der Waals surface area contributed by atoms with Crippen molar-refractivity contribution in [3.8, 4) is 0 Å². The Balaban J connectivity index is 0.000000180. The van der Waals surface area contributed by atoms with Crippen LogP contribution in [0.15, 0.2) is 469 Å². The monoisotopic (exact) mass is 1800 g/mol. The number of hydrogen-bond acceptors (Lipinski definition) is 23. The molecule has 0 fully saturated rings. The minimum Gasteiger partial charge on any atom is -0.479 e. The van der Waals surface area contributed by atoms with Gasteiger partial charge in [0.1, 0.15) is 10.6 Å². The number of ketones is 2. The summed E-state index contributed by atoms with van der Waals surface area (Å²) in [5.41, 5.74) is 9.61. The van der Waals surface area contributed by atoms with Gasteiger partial charge in [-0.2, -0.15) is 8.42 Å². The molecule has 14 rings (SSSR count). The molecule has 22 nitrogen and oxygen atoms in total. The highest BCUT2D eigenvalue weighted by atomic mass is 32.2. The predicted molar refractivity (Wildman–Crippen MR) is 515 cm³/mol. The molecule has 0 aliphatic carbocycles. The van der Waals surface area contributed by atoms with Crippen molar-refractivity contribution in [2.45, 2.75) is 68.0 Å². The Hall–Kier alpha value is -16.1. The lowest BCUT2D eigenvalue weighted by Crippen LogP contribution is -2.17. The number of Topliss-reactive ketones (excluding diaryl/α,β-unsaturated/α-hetero) is 2. The van der Waals surface area contributed by atoms with Crippen LogP contribution in [-0.4, -0.2) is 89.1 Å². The first-order valence-corrected chi connectivity index (χ1v) is 44.0. The third kappa shape index (κ3) is 33.0. The van der Waals surface area contributed by atoms with E-state index in [1.807, 2.05) is 239 Å². The van der Waals surface area contributed by atoms with Crippen molar-refractivity contribution in [2.24, 2.45) is 30.9 Å². The van der Waals surface area contributed by atoms with Gasteiger partial charge in [0.25, 0.3) is 11.1 Å². The van der Waals surface area contributed by atoms with E-state index in [4.69, 9.17) is 27.8 Å². The number of rotatable bonds is 27. The lowest BCUT2D eigenvalue weighted by molar-refractivity contribution is -0.138. The molecule has 0 spiro atoms. The third-order valence-electron chi connectivity index (χ3n) is 17.9. The fourth-order valence-corrected chi connectivity index (χ4v) is 13.7. The van der Waals surface area contributed by atoms with Gasteiger partial charge in [0.05, 0.1) is 45.2 Å². The quantitative estimate of drug-likeness (QED) is 0.00879. The van der Waals surface area contributed by atoms with Crippen LogP contribution in [0.4, 0.5) is 0 Å². The minimum atomic E-state index is -3.87. The Morgan fingerprint density at radius 1 is 0.382 bits per heavy atom. The maximum absolute atomic E-state index is 13.2. The molecule has 0 aliphatic rings. The number of ether oxygens (including phenoxy) is 1. The van der Waals surface area contributed by atoms with Crippen LogP contribution in [0.25, 0.3) is 10.8 Å². The van der Waals surface area contributed by atoms with E-state index in [0.29, 0.717) is 67.9 Å².